The standard InChI is InChI=1S/C8H16NO/c1-3-4-9-5-6-10-8(2)7-9/h3,8H,4-7H2,1-2H3. The fourth-order valence-electron chi connectivity index (χ4n) is 1.31. The first-order valence-electron chi connectivity index (χ1n) is 3.94. The molecular weight excluding hydrogens is 126 g/mol. The summed E-state index contributed by atoms with van der Waals surface area (Å²) in [4.78, 5) is 2.41. The lowest BCUT2D eigenvalue weighted by Crippen LogP contribution is -2.41. The van der Waals surface area contributed by atoms with Gasteiger partial charge in [-0.3, -0.25) is 4.90 Å². The van der Waals surface area contributed by atoms with E-state index in [1.165, 1.54) is 0 Å². The zero-order chi connectivity index (χ0) is 7.40. The van der Waals surface area contributed by atoms with Gasteiger partial charge in [0.05, 0.1) is 12.7 Å². The van der Waals surface area contributed by atoms with Gasteiger partial charge in [0.2, 0.25) is 0 Å². The Morgan fingerprint density at radius 1 is 1.70 bits per heavy atom. The summed E-state index contributed by atoms with van der Waals surface area (Å²) in [5.41, 5.74) is 0. The largest absolute Gasteiger partial charge is 0.376 e. The second-order valence-electron chi connectivity index (χ2n) is 2.85. The van der Waals surface area contributed by atoms with Crippen molar-refractivity contribution < 1.29 is 4.74 Å². The maximum atomic E-state index is 5.40. The molecule has 0 bridgehead atoms. The minimum absolute atomic E-state index is 0.425. The molecule has 1 unspecified atom stereocenters. The molecular formula is C8H16NO. The first kappa shape index (κ1) is 8.02. The maximum Gasteiger partial charge on any atom is 0.0674 e. The van der Waals surface area contributed by atoms with Gasteiger partial charge >= 0.3 is 0 Å². The fraction of sp³-hybridized carbons (Fsp3) is 0.875. The highest BCUT2D eigenvalue weighted by molar-refractivity contribution is 4.72. The highest BCUT2D eigenvalue weighted by Crippen LogP contribution is 2.03. The second kappa shape index (κ2) is 3.94. The van der Waals surface area contributed by atoms with Gasteiger partial charge in [0.25, 0.3) is 0 Å². The number of hydrogen-bond acceptors (Lipinski definition) is 2. The lowest BCUT2D eigenvalue weighted by atomic mass is 10.3. The molecule has 59 valence electrons. The van der Waals surface area contributed by atoms with Crippen molar-refractivity contribution in [3.63, 3.8) is 0 Å². The first-order chi connectivity index (χ1) is 4.83. The van der Waals surface area contributed by atoms with Crippen molar-refractivity contribution >= 4 is 0 Å². The number of morpholine rings is 1. The predicted molar refractivity (Wildman–Crippen MR) is 41.8 cm³/mol. The summed E-state index contributed by atoms with van der Waals surface area (Å²) >= 11 is 0. The Hall–Kier alpha value is -0.0800. The fourth-order valence-corrected chi connectivity index (χ4v) is 1.31. The van der Waals surface area contributed by atoms with Crippen LogP contribution in [-0.2, 0) is 4.74 Å². The molecule has 2 heteroatoms. The van der Waals surface area contributed by atoms with Crippen molar-refractivity contribution in [1.82, 2.24) is 4.90 Å². The van der Waals surface area contributed by atoms with Crippen LogP contribution in [-0.4, -0.2) is 37.2 Å². The van der Waals surface area contributed by atoms with Crippen LogP contribution in [0.15, 0.2) is 0 Å². The van der Waals surface area contributed by atoms with E-state index in [2.05, 4.69) is 25.2 Å². The van der Waals surface area contributed by atoms with E-state index in [4.69, 9.17) is 4.74 Å². The van der Waals surface area contributed by atoms with Crippen LogP contribution >= 0.6 is 0 Å². The van der Waals surface area contributed by atoms with Crippen molar-refractivity contribution in [2.75, 3.05) is 26.2 Å². The van der Waals surface area contributed by atoms with E-state index in [0.29, 0.717) is 6.10 Å². The smallest absolute Gasteiger partial charge is 0.0674 e. The Bertz CT molecular complexity index is 93.3. The summed E-state index contributed by atoms with van der Waals surface area (Å²) in [7, 11) is 0. The van der Waals surface area contributed by atoms with Crippen molar-refractivity contribution in [2.45, 2.75) is 20.0 Å². The van der Waals surface area contributed by atoms with Crippen molar-refractivity contribution in [2.24, 2.45) is 0 Å². The van der Waals surface area contributed by atoms with Crippen LogP contribution in [0, 0.1) is 6.42 Å². The molecule has 0 aliphatic carbocycles. The van der Waals surface area contributed by atoms with Gasteiger partial charge in [-0.1, -0.05) is 6.92 Å². The summed E-state index contributed by atoms with van der Waals surface area (Å²) < 4.78 is 5.40. The number of rotatable bonds is 2. The molecule has 1 heterocycles. The minimum Gasteiger partial charge on any atom is -0.376 e. The SMILES string of the molecule is C[CH]CN1CCOC(C)C1. The van der Waals surface area contributed by atoms with Gasteiger partial charge < -0.3 is 4.74 Å². The first-order valence-corrected chi connectivity index (χ1v) is 3.94. The van der Waals surface area contributed by atoms with E-state index >= 15 is 0 Å². The van der Waals surface area contributed by atoms with Gasteiger partial charge in [0.15, 0.2) is 0 Å². The molecule has 0 saturated carbocycles. The molecule has 0 spiro atoms. The maximum absolute atomic E-state index is 5.40. The molecule has 1 aliphatic rings. The van der Waals surface area contributed by atoms with Crippen LogP contribution in [0.3, 0.4) is 0 Å². The summed E-state index contributed by atoms with van der Waals surface area (Å²) in [5.74, 6) is 0. The van der Waals surface area contributed by atoms with E-state index in [1.54, 1.807) is 0 Å². The predicted octanol–water partition coefficient (Wildman–Crippen LogP) is 0.931. The summed E-state index contributed by atoms with van der Waals surface area (Å²) in [6.07, 6.45) is 2.62. The third-order valence-corrected chi connectivity index (χ3v) is 1.77. The average Bonchev–Trinajstić information content (AvgIpc) is 1.88. The molecule has 0 aromatic heterocycles. The molecule has 10 heavy (non-hydrogen) atoms. The van der Waals surface area contributed by atoms with Crippen LogP contribution in [0.4, 0.5) is 0 Å². The van der Waals surface area contributed by atoms with Gasteiger partial charge in [-0.25, -0.2) is 0 Å². The lowest BCUT2D eigenvalue weighted by Gasteiger charge is -2.30. The molecule has 0 amide bonds. The summed E-state index contributed by atoms with van der Waals surface area (Å²) in [5, 5.41) is 0. The Kier molecular flexibility index (Phi) is 3.16. The highest BCUT2D eigenvalue weighted by Gasteiger charge is 2.14. The number of nitrogens with zero attached hydrogens (tertiary/aromatic N) is 1. The quantitative estimate of drug-likeness (QED) is 0.568. The number of ether oxygens (including phenoxy) is 1. The normalized spacial score (nSPS) is 28.8. The van der Waals surface area contributed by atoms with Crippen LogP contribution in [0.25, 0.3) is 0 Å². The molecule has 1 aliphatic heterocycles. The Balaban J connectivity index is 2.18. The Morgan fingerprint density at radius 2 is 2.50 bits per heavy atom. The van der Waals surface area contributed by atoms with E-state index in [0.717, 1.165) is 26.2 Å². The summed E-state index contributed by atoms with van der Waals surface area (Å²) in [6, 6.07) is 0. The van der Waals surface area contributed by atoms with E-state index in [-0.39, 0.29) is 0 Å². The van der Waals surface area contributed by atoms with Gasteiger partial charge in [-0.2, -0.15) is 0 Å². The summed E-state index contributed by atoms with van der Waals surface area (Å²) in [6.45, 7) is 8.41. The third kappa shape index (κ3) is 2.27. The van der Waals surface area contributed by atoms with E-state index in [1.807, 2.05) is 0 Å². The lowest BCUT2D eigenvalue weighted by molar-refractivity contribution is -0.0151. The van der Waals surface area contributed by atoms with Crippen LogP contribution in [0.5, 0.6) is 0 Å². The van der Waals surface area contributed by atoms with Gasteiger partial charge in [-0.15, -0.1) is 0 Å². The molecule has 0 aromatic rings. The zero-order valence-corrected chi connectivity index (χ0v) is 6.84. The zero-order valence-electron chi connectivity index (χ0n) is 6.84. The van der Waals surface area contributed by atoms with Crippen LogP contribution < -0.4 is 0 Å². The Morgan fingerprint density at radius 3 is 3.10 bits per heavy atom. The van der Waals surface area contributed by atoms with Crippen LogP contribution in [0.2, 0.25) is 0 Å². The van der Waals surface area contributed by atoms with Crippen molar-refractivity contribution in [1.29, 1.82) is 0 Å². The monoisotopic (exact) mass is 142 g/mol. The van der Waals surface area contributed by atoms with Gasteiger partial charge in [-0.05, 0) is 13.3 Å². The molecule has 0 N–H and O–H groups in total. The van der Waals surface area contributed by atoms with E-state index in [9.17, 15) is 0 Å². The molecule has 1 radical (unpaired) electrons. The van der Waals surface area contributed by atoms with Gasteiger partial charge in [0.1, 0.15) is 0 Å². The highest BCUT2D eigenvalue weighted by atomic mass is 16.5. The topological polar surface area (TPSA) is 12.5 Å². The van der Waals surface area contributed by atoms with Crippen molar-refractivity contribution in [3.8, 4) is 0 Å². The molecule has 1 fully saturated rings. The third-order valence-electron chi connectivity index (χ3n) is 1.77. The molecule has 2 nitrogen and oxygen atoms in total. The molecule has 1 saturated heterocycles. The van der Waals surface area contributed by atoms with E-state index < -0.39 is 0 Å². The molecule has 1 rings (SSSR count). The van der Waals surface area contributed by atoms with Gasteiger partial charge in [0, 0.05) is 19.6 Å². The molecule has 0 aromatic carbocycles. The minimum atomic E-state index is 0.425. The molecule has 1 atom stereocenters. The van der Waals surface area contributed by atoms with Crippen LogP contribution in [0.1, 0.15) is 13.8 Å². The second-order valence-corrected chi connectivity index (χ2v) is 2.85. The number of hydrogen-bond donors (Lipinski definition) is 0. The average molecular weight is 142 g/mol. The Labute approximate surface area is 63.2 Å². The van der Waals surface area contributed by atoms with Crippen molar-refractivity contribution in [3.05, 3.63) is 6.42 Å².